The van der Waals surface area contributed by atoms with Gasteiger partial charge in [-0.1, -0.05) is 47.7 Å². The van der Waals surface area contributed by atoms with Crippen LogP contribution in [0.5, 0.6) is 5.75 Å². The molecule has 0 atom stereocenters. The van der Waals surface area contributed by atoms with Gasteiger partial charge in [0.2, 0.25) is 11.0 Å². The molecule has 3 rings (SSSR count). The van der Waals surface area contributed by atoms with Crippen LogP contribution >= 0.6 is 11.3 Å². The topological polar surface area (TPSA) is 93.2 Å². The van der Waals surface area contributed by atoms with Crippen LogP contribution in [-0.4, -0.2) is 28.6 Å². The molecule has 0 aliphatic heterocycles. The minimum absolute atomic E-state index is 0.147. The van der Waals surface area contributed by atoms with Crippen LogP contribution in [0, 0.1) is 0 Å². The van der Waals surface area contributed by atoms with Crippen LogP contribution in [0.4, 0.5) is 5.13 Å². The first-order valence-electron chi connectivity index (χ1n) is 8.34. The Balaban J connectivity index is 1.39. The molecule has 2 N–H and O–H groups in total. The summed E-state index contributed by atoms with van der Waals surface area (Å²) in [5, 5.41) is 14.4. The molecule has 1 aromatic heterocycles. The number of amides is 2. The van der Waals surface area contributed by atoms with Crippen LogP contribution in [0.15, 0.2) is 60.7 Å². The normalized spacial score (nSPS) is 10.2. The summed E-state index contributed by atoms with van der Waals surface area (Å²) in [6.07, 6.45) is 0.147. The lowest BCUT2D eigenvalue weighted by Crippen LogP contribution is -2.27. The molecular formula is C19H18N4O3S. The minimum Gasteiger partial charge on any atom is -0.486 e. The molecule has 0 fully saturated rings. The number of carbonyl (C=O) groups excluding carboxylic acids is 2. The number of aromatic nitrogens is 2. The molecule has 0 radical (unpaired) electrons. The van der Waals surface area contributed by atoms with E-state index in [1.807, 2.05) is 36.4 Å². The maximum atomic E-state index is 12.0. The second kappa shape index (κ2) is 9.44. The lowest BCUT2D eigenvalue weighted by Gasteiger charge is -2.05. The highest BCUT2D eigenvalue weighted by atomic mass is 32.1. The molecule has 2 aromatic carbocycles. The van der Waals surface area contributed by atoms with E-state index in [0.717, 1.165) is 5.75 Å². The molecule has 0 aliphatic rings. The van der Waals surface area contributed by atoms with Crippen molar-refractivity contribution in [1.82, 2.24) is 15.5 Å². The number of nitrogens with one attached hydrogen (secondary N) is 2. The number of nitrogens with zero attached hydrogens (tertiary/aromatic N) is 2. The first-order chi connectivity index (χ1) is 13.2. The van der Waals surface area contributed by atoms with Gasteiger partial charge in [-0.3, -0.25) is 9.59 Å². The molecule has 0 bridgehead atoms. The number of carbonyl (C=O) groups is 2. The predicted molar refractivity (Wildman–Crippen MR) is 103 cm³/mol. The molecule has 0 aliphatic carbocycles. The van der Waals surface area contributed by atoms with Gasteiger partial charge in [0.1, 0.15) is 12.4 Å². The Kier molecular flexibility index (Phi) is 6.48. The third-order valence-corrected chi connectivity index (χ3v) is 4.30. The first kappa shape index (κ1) is 18.5. The third-order valence-electron chi connectivity index (χ3n) is 3.49. The van der Waals surface area contributed by atoms with Crippen molar-refractivity contribution >= 4 is 28.3 Å². The lowest BCUT2D eigenvalue weighted by molar-refractivity contribution is -0.116. The van der Waals surface area contributed by atoms with E-state index in [0.29, 0.717) is 15.7 Å². The van der Waals surface area contributed by atoms with Gasteiger partial charge < -0.3 is 15.4 Å². The second-order valence-electron chi connectivity index (χ2n) is 5.52. The summed E-state index contributed by atoms with van der Waals surface area (Å²) in [5.41, 5.74) is 0.560. The van der Waals surface area contributed by atoms with Gasteiger partial charge >= 0.3 is 0 Å². The maximum absolute atomic E-state index is 12.0. The Hall–Kier alpha value is -3.26. The van der Waals surface area contributed by atoms with Gasteiger partial charge in [0.05, 0.1) is 0 Å². The zero-order chi connectivity index (χ0) is 18.9. The fraction of sp³-hybridized carbons (Fsp3) is 0.158. The summed E-state index contributed by atoms with van der Waals surface area (Å²) >= 11 is 1.25. The second-order valence-corrected chi connectivity index (χ2v) is 6.58. The van der Waals surface area contributed by atoms with Crippen molar-refractivity contribution in [3.8, 4) is 5.75 Å². The number of rotatable bonds is 8. The summed E-state index contributed by atoms with van der Waals surface area (Å²) in [5.74, 6) is 0.294. The fourth-order valence-corrected chi connectivity index (χ4v) is 2.86. The lowest BCUT2D eigenvalue weighted by atomic mass is 10.2. The van der Waals surface area contributed by atoms with E-state index in [-0.39, 0.29) is 31.4 Å². The van der Waals surface area contributed by atoms with Gasteiger partial charge in [0, 0.05) is 18.5 Å². The zero-order valence-electron chi connectivity index (χ0n) is 14.4. The van der Waals surface area contributed by atoms with E-state index < -0.39 is 0 Å². The minimum atomic E-state index is -0.241. The Labute approximate surface area is 160 Å². The Bertz CT molecular complexity index is 884. The van der Waals surface area contributed by atoms with Crippen molar-refractivity contribution in [2.75, 3.05) is 11.9 Å². The number of hydrogen-bond acceptors (Lipinski definition) is 6. The van der Waals surface area contributed by atoms with Gasteiger partial charge in [0.15, 0.2) is 5.01 Å². The van der Waals surface area contributed by atoms with Crippen LogP contribution in [0.25, 0.3) is 0 Å². The average molecular weight is 382 g/mol. The summed E-state index contributed by atoms with van der Waals surface area (Å²) in [7, 11) is 0. The number of benzene rings is 2. The van der Waals surface area contributed by atoms with E-state index in [4.69, 9.17) is 4.74 Å². The van der Waals surface area contributed by atoms with E-state index in [1.54, 1.807) is 24.3 Å². The zero-order valence-corrected chi connectivity index (χ0v) is 15.2. The van der Waals surface area contributed by atoms with Crippen molar-refractivity contribution < 1.29 is 14.3 Å². The molecular weight excluding hydrogens is 364 g/mol. The molecule has 0 unspecified atom stereocenters. The molecule has 138 valence electrons. The summed E-state index contributed by atoms with van der Waals surface area (Å²) in [6.45, 7) is 0.521. The average Bonchev–Trinajstić information content (AvgIpc) is 3.15. The molecule has 27 heavy (non-hydrogen) atoms. The molecule has 7 nitrogen and oxygen atoms in total. The monoisotopic (exact) mass is 382 g/mol. The van der Waals surface area contributed by atoms with E-state index in [1.165, 1.54) is 11.3 Å². The molecule has 3 aromatic rings. The molecule has 1 heterocycles. The number of ether oxygens (including phenoxy) is 1. The largest absolute Gasteiger partial charge is 0.486 e. The first-order valence-corrected chi connectivity index (χ1v) is 9.16. The van der Waals surface area contributed by atoms with Crippen molar-refractivity contribution in [2.45, 2.75) is 13.0 Å². The highest BCUT2D eigenvalue weighted by molar-refractivity contribution is 7.15. The Morgan fingerprint density at radius 2 is 1.67 bits per heavy atom. The Morgan fingerprint density at radius 3 is 2.41 bits per heavy atom. The van der Waals surface area contributed by atoms with Crippen molar-refractivity contribution in [2.24, 2.45) is 0 Å². The van der Waals surface area contributed by atoms with Gasteiger partial charge in [-0.15, -0.1) is 10.2 Å². The SMILES string of the molecule is O=C(CCNC(=O)c1ccccc1)Nc1nnc(COc2ccccc2)s1. The van der Waals surface area contributed by atoms with Gasteiger partial charge in [-0.2, -0.15) is 0 Å². The number of hydrogen-bond donors (Lipinski definition) is 2. The van der Waals surface area contributed by atoms with Gasteiger partial charge in [-0.05, 0) is 24.3 Å². The number of anilines is 1. The van der Waals surface area contributed by atoms with E-state index >= 15 is 0 Å². The number of para-hydroxylation sites is 1. The summed E-state index contributed by atoms with van der Waals surface area (Å²) in [6, 6.07) is 18.2. The third kappa shape index (κ3) is 5.89. The van der Waals surface area contributed by atoms with Crippen molar-refractivity contribution in [3.05, 3.63) is 71.2 Å². The smallest absolute Gasteiger partial charge is 0.251 e. The molecule has 0 saturated carbocycles. The van der Waals surface area contributed by atoms with Crippen LogP contribution in [0.2, 0.25) is 0 Å². The summed E-state index contributed by atoms with van der Waals surface area (Å²) < 4.78 is 5.59. The van der Waals surface area contributed by atoms with Crippen molar-refractivity contribution in [1.29, 1.82) is 0 Å². The maximum Gasteiger partial charge on any atom is 0.251 e. The van der Waals surface area contributed by atoms with Crippen LogP contribution in [0.3, 0.4) is 0 Å². The fourth-order valence-electron chi connectivity index (χ4n) is 2.19. The highest BCUT2D eigenvalue weighted by Gasteiger charge is 2.10. The van der Waals surface area contributed by atoms with Crippen LogP contribution in [-0.2, 0) is 11.4 Å². The molecule has 2 amide bonds. The van der Waals surface area contributed by atoms with Crippen LogP contribution in [0.1, 0.15) is 21.8 Å². The molecule has 8 heteroatoms. The standard InChI is InChI=1S/C19H18N4O3S/c24-16(11-12-20-18(25)14-7-3-1-4-8-14)21-19-23-22-17(27-19)13-26-15-9-5-2-6-10-15/h1-10H,11-13H2,(H,20,25)(H,21,23,24). The molecule has 0 saturated heterocycles. The van der Waals surface area contributed by atoms with Crippen molar-refractivity contribution in [3.63, 3.8) is 0 Å². The molecule has 0 spiro atoms. The highest BCUT2D eigenvalue weighted by Crippen LogP contribution is 2.18. The predicted octanol–water partition coefficient (Wildman–Crippen LogP) is 2.88. The quantitative estimate of drug-likeness (QED) is 0.625. The van der Waals surface area contributed by atoms with Gasteiger partial charge in [-0.25, -0.2) is 0 Å². The summed E-state index contributed by atoms with van der Waals surface area (Å²) in [4.78, 5) is 23.9. The van der Waals surface area contributed by atoms with E-state index in [9.17, 15) is 9.59 Å². The van der Waals surface area contributed by atoms with Gasteiger partial charge in [0.25, 0.3) is 5.91 Å². The Morgan fingerprint density at radius 1 is 0.963 bits per heavy atom. The van der Waals surface area contributed by atoms with Crippen LogP contribution < -0.4 is 15.4 Å². The van der Waals surface area contributed by atoms with E-state index in [2.05, 4.69) is 20.8 Å².